The highest BCUT2D eigenvalue weighted by molar-refractivity contribution is 6.17. The summed E-state index contributed by atoms with van der Waals surface area (Å²) in [6.07, 6.45) is 0.478. The van der Waals surface area contributed by atoms with E-state index in [1.165, 1.54) is 18.2 Å². The summed E-state index contributed by atoms with van der Waals surface area (Å²) >= 11 is 5.77. The Labute approximate surface area is 119 Å². The van der Waals surface area contributed by atoms with E-state index in [9.17, 15) is 8.78 Å². The van der Waals surface area contributed by atoms with Gasteiger partial charge in [-0.15, -0.1) is 11.6 Å². The van der Waals surface area contributed by atoms with Crippen LogP contribution in [0.3, 0.4) is 0 Å². The Morgan fingerprint density at radius 2 is 1.90 bits per heavy atom. The molecule has 0 amide bonds. The van der Waals surface area contributed by atoms with Crippen molar-refractivity contribution in [2.45, 2.75) is 6.42 Å². The Morgan fingerprint density at radius 1 is 1.10 bits per heavy atom. The van der Waals surface area contributed by atoms with Gasteiger partial charge in [0.1, 0.15) is 17.2 Å². The lowest BCUT2D eigenvalue weighted by atomic mass is 10.2. The normalized spacial score (nSPS) is 11.2. The van der Waals surface area contributed by atoms with Crippen molar-refractivity contribution >= 4 is 22.6 Å². The van der Waals surface area contributed by atoms with Gasteiger partial charge in [-0.25, -0.2) is 13.8 Å². The number of fused-ring (bicyclic) bond motifs is 1. The number of alkyl halides is 1. The van der Waals surface area contributed by atoms with Gasteiger partial charge in [0.25, 0.3) is 0 Å². The molecule has 0 N–H and O–H groups in total. The molecular weight excluding hydrogens is 282 g/mol. The zero-order chi connectivity index (χ0) is 14.1. The van der Waals surface area contributed by atoms with Gasteiger partial charge in [0, 0.05) is 12.3 Å². The fraction of sp³-hybridized carbons (Fsp3) is 0.133. The number of halogens is 3. The largest absolute Gasteiger partial charge is 0.296 e. The topological polar surface area (TPSA) is 17.8 Å². The minimum absolute atomic E-state index is 0.275. The van der Waals surface area contributed by atoms with Crippen molar-refractivity contribution in [3.8, 4) is 5.69 Å². The molecule has 102 valence electrons. The number of hydrogen-bond donors (Lipinski definition) is 0. The molecule has 0 saturated carbocycles. The second-order valence-corrected chi connectivity index (χ2v) is 4.77. The predicted octanol–water partition coefficient (Wildman–Crippen LogP) is 4.09. The highest BCUT2D eigenvalue weighted by Gasteiger charge is 2.14. The molecule has 20 heavy (non-hydrogen) atoms. The lowest BCUT2D eigenvalue weighted by Crippen LogP contribution is -2.02. The molecule has 5 heteroatoms. The van der Waals surface area contributed by atoms with E-state index in [2.05, 4.69) is 4.98 Å². The van der Waals surface area contributed by atoms with E-state index in [1.54, 1.807) is 28.8 Å². The maximum atomic E-state index is 13.8. The molecule has 1 aromatic heterocycles. The van der Waals surface area contributed by atoms with E-state index >= 15 is 0 Å². The van der Waals surface area contributed by atoms with Gasteiger partial charge in [0.05, 0.1) is 11.2 Å². The molecular formula is C15H11ClF2N2. The fourth-order valence-corrected chi connectivity index (χ4v) is 2.44. The molecule has 3 aromatic rings. The first kappa shape index (κ1) is 13.1. The van der Waals surface area contributed by atoms with Crippen LogP contribution in [0.2, 0.25) is 0 Å². The Balaban J connectivity index is 2.32. The van der Waals surface area contributed by atoms with Crippen molar-refractivity contribution in [3.05, 3.63) is 59.9 Å². The standard InChI is InChI=1S/C15H11ClF2N2/c16-8-7-14-19-15-12(18)5-2-6-13(15)20(14)11-4-1-3-10(17)9-11/h1-6,9H,7-8H2. The van der Waals surface area contributed by atoms with Crippen LogP contribution in [-0.2, 0) is 6.42 Å². The van der Waals surface area contributed by atoms with Crippen LogP contribution in [0.1, 0.15) is 5.82 Å². The summed E-state index contributed by atoms with van der Waals surface area (Å²) < 4.78 is 29.0. The Bertz CT molecular complexity index is 768. The summed E-state index contributed by atoms with van der Waals surface area (Å²) in [4.78, 5) is 4.29. The molecule has 0 saturated heterocycles. The summed E-state index contributed by atoms with van der Waals surface area (Å²) in [6, 6.07) is 10.9. The quantitative estimate of drug-likeness (QED) is 0.665. The molecule has 0 aliphatic carbocycles. The highest BCUT2D eigenvalue weighted by Crippen LogP contribution is 2.24. The van der Waals surface area contributed by atoms with Crippen molar-refractivity contribution in [1.29, 1.82) is 0 Å². The molecule has 0 unspecified atom stereocenters. The number of rotatable bonds is 3. The van der Waals surface area contributed by atoms with E-state index in [4.69, 9.17) is 11.6 Å². The average Bonchev–Trinajstić information content (AvgIpc) is 2.79. The molecule has 3 rings (SSSR count). The summed E-state index contributed by atoms with van der Waals surface area (Å²) in [5.41, 5.74) is 1.49. The van der Waals surface area contributed by atoms with E-state index in [-0.39, 0.29) is 11.3 Å². The molecule has 0 radical (unpaired) electrons. The van der Waals surface area contributed by atoms with E-state index in [1.807, 2.05) is 0 Å². The van der Waals surface area contributed by atoms with Crippen LogP contribution in [0.15, 0.2) is 42.5 Å². The Kier molecular flexibility index (Phi) is 3.40. The molecule has 2 aromatic carbocycles. The number of hydrogen-bond acceptors (Lipinski definition) is 1. The Morgan fingerprint density at radius 3 is 2.65 bits per heavy atom. The Hall–Kier alpha value is -1.94. The monoisotopic (exact) mass is 292 g/mol. The van der Waals surface area contributed by atoms with Gasteiger partial charge < -0.3 is 0 Å². The number of aromatic nitrogens is 2. The van der Waals surface area contributed by atoms with Crippen molar-refractivity contribution in [2.24, 2.45) is 0 Å². The molecule has 0 spiro atoms. The molecule has 1 heterocycles. The number of benzene rings is 2. The van der Waals surface area contributed by atoms with Crippen molar-refractivity contribution < 1.29 is 8.78 Å². The second kappa shape index (κ2) is 5.21. The van der Waals surface area contributed by atoms with Gasteiger partial charge in [-0.3, -0.25) is 4.57 Å². The maximum absolute atomic E-state index is 13.8. The summed E-state index contributed by atoms with van der Waals surface area (Å²) in [5, 5.41) is 0. The van der Waals surface area contributed by atoms with Crippen molar-refractivity contribution in [1.82, 2.24) is 9.55 Å². The molecule has 0 aliphatic rings. The number of para-hydroxylation sites is 1. The zero-order valence-electron chi connectivity index (χ0n) is 10.5. The van der Waals surface area contributed by atoms with Gasteiger partial charge in [-0.1, -0.05) is 12.1 Å². The average molecular weight is 293 g/mol. The third-order valence-corrected chi connectivity index (χ3v) is 3.28. The number of aryl methyl sites for hydroxylation is 1. The van der Waals surface area contributed by atoms with Crippen LogP contribution in [0.5, 0.6) is 0 Å². The maximum Gasteiger partial charge on any atom is 0.151 e. The van der Waals surface area contributed by atoms with E-state index < -0.39 is 5.82 Å². The first-order chi connectivity index (χ1) is 9.70. The molecule has 0 fully saturated rings. The van der Waals surface area contributed by atoms with Crippen LogP contribution in [-0.4, -0.2) is 15.4 Å². The molecule has 0 bridgehead atoms. The lowest BCUT2D eigenvalue weighted by molar-refractivity contribution is 0.626. The van der Waals surface area contributed by atoms with Gasteiger partial charge in [-0.2, -0.15) is 0 Å². The third kappa shape index (κ3) is 2.16. The zero-order valence-corrected chi connectivity index (χ0v) is 11.2. The van der Waals surface area contributed by atoms with Gasteiger partial charge in [0.15, 0.2) is 5.82 Å². The van der Waals surface area contributed by atoms with Gasteiger partial charge in [-0.05, 0) is 30.3 Å². The number of imidazole rings is 1. The van der Waals surface area contributed by atoms with Crippen LogP contribution in [0.25, 0.3) is 16.7 Å². The van der Waals surface area contributed by atoms with Crippen LogP contribution >= 0.6 is 11.6 Å². The SMILES string of the molecule is Fc1cccc(-n2c(CCCl)nc3c(F)cccc32)c1. The van der Waals surface area contributed by atoms with E-state index in [0.717, 1.165) is 0 Å². The fourth-order valence-electron chi connectivity index (χ4n) is 2.27. The highest BCUT2D eigenvalue weighted by atomic mass is 35.5. The van der Waals surface area contributed by atoms with Gasteiger partial charge in [0.2, 0.25) is 0 Å². The lowest BCUT2D eigenvalue weighted by Gasteiger charge is -2.08. The van der Waals surface area contributed by atoms with Crippen LogP contribution in [0, 0.1) is 11.6 Å². The number of nitrogens with zero attached hydrogens (tertiary/aromatic N) is 2. The van der Waals surface area contributed by atoms with Crippen molar-refractivity contribution in [3.63, 3.8) is 0 Å². The first-order valence-corrected chi connectivity index (χ1v) is 6.72. The minimum Gasteiger partial charge on any atom is -0.296 e. The minimum atomic E-state index is -0.395. The summed E-state index contributed by atoms with van der Waals surface area (Å²) in [7, 11) is 0. The summed E-state index contributed by atoms with van der Waals surface area (Å²) in [6.45, 7) is 0. The van der Waals surface area contributed by atoms with Crippen LogP contribution < -0.4 is 0 Å². The smallest absolute Gasteiger partial charge is 0.151 e. The second-order valence-electron chi connectivity index (χ2n) is 4.39. The third-order valence-electron chi connectivity index (χ3n) is 3.09. The van der Waals surface area contributed by atoms with E-state index in [0.29, 0.717) is 29.3 Å². The molecule has 0 aliphatic heterocycles. The molecule has 0 atom stereocenters. The van der Waals surface area contributed by atoms with Crippen molar-refractivity contribution in [2.75, 3.05) is 5.88 Å². The molecule has 2 nitrogen and oxygen atoms in total. The van der Waals surface area contributed by atoms with Gasteiger partial charge >= 0.3 is 0 Å². The first-order valence-electron chi connectivity index (χ1n) is 6.18. The summed E-state index contributed by atoms with van der Waals surface area (Å²) in [5.74, 6) is 0.233. The van der Waals surface area contributed by atoms with Crippen LogP contribution in [0.4, 0.5) is 8.78 Å². The predicted molar refractivity (Wildman–Crippen MR) is 75.4 cm³/mol.